The molecule has 1 aliphatic rings. The van der Waals surface area contributed by atoms with Crippen LogP contribution in [0.3, 0.4) is 0 Å². The van der Waals surface area contributed by atoms with Crippen LogP contribution < -0.4 is 5.73 Å². The van der Waals surface area contributed by atoms with Crippen LogP contribution in [0.4, 0.5) is 0 Å². The van der Waals surface area contributed by atoms with E-state index in [0.29, 0.717) is 6.04 Å². The number of likely N-dealkylation sites (tertiary alicyclic amines) is 1. The molecule has 3 nitrogen and oxygen atoms in total. The van der Waals surface area contributed by atoms with E-state index in [0.717, 1.165) is 19.4 Å². The maximum Gasteiger partial charge on any atom is 0.242 e. The molecule has 1 atom stereocenters. The maximum atomic E-state index is 11.8. The molecule has 1 unspecified atom stereocenters. The van der Waals surface area contributed by atoms with Crippen LogP contribution in [0.5, 0.6) is 0 Å². The molecule has 0 aliphatic carbocycles. The number of halogens is 1. The number of nitrogens with zero attached hydrogens (tertiary/aromatic N) is 1. The molecule has 1 aliphatic heterocycles. The van der Waals surface area contributed by atoms with E-state index in [1.165, 1.54) is 6.42 Å². The molecule has 0 saturated carbocycles. The van der Waals surface area contributed by atoms with E-state index < -0.39 is 5.54 Å². The Bertz CT molecular complexity index is 201. The van der Waals surface area contributed by atoms with Gasteiger partial charge in [0.15, 0.2) is 0 Å². The Balaban J connectivity index is 0.00000169. The van der Waals surface area contributed by atoms with Crippen LogP contribution in [0.2, 0.25) is 0 Å². The third kappa shape index (κ3) is 3.14. The van der Waals surface area contributed by atoms with Crippen LogP contribution in [0, 0.1) is 0 Å². The fourth-order valence-electron chi connectivity index (χ4n) is 1.77. The molecule has 1 amide bonds. The van der Waals surface area contributed by atoms with Crippen LogP contribution in [0.25, 0.3) is 0 Å². The zero-order valence-corrected chi connectivity index (χ0v) is 10.1. The lowest BCUT2D eigenvalue weighted by molar-refractivity contribution is -0.139. The summed E-state index contributed by atoms with van der Waals surface area (Å²) in [5.74, 6) is 0.0831. The number of piperidine rings is 1. The summed E-state index contributed by atoms with van der Waals surface area (Å²) in [4.78, 5) is 13.8. The molecule has 1 fully saturated rings. The minimum absolute atomic E-state index is 0. The molecule has 1 saturated heterocycles. The van der Waals surface area contributed by atoms with Crippen molar-refractivity contribution < 1.29 is 4.79 Å². The molecule has 1 rings (SSSR count). The minimum Gasteiger partial charge on any atom is -0.338 e. The third-order valence-electron chi connectivity index (χ3n) is 2.62. The summed E-state index contributed by atoms with van der Waals surface area (Å²) in [6.07, 6.45) is 3.46. The highest BCUT2D eigenvalue weighted by atomic mass is 35.5. The molecule has 0 bridgehead atoms. The van der Waals surface area contributed by atoms with Crippen molar-refractivity contribution in [2.24, 2.45) is 5.73 Å². The molecular weight excluding hydrogens is 200 g/mol. The van der Waals surface area contributed by atoms with E-state index in [9.17, 15) is 4.79 Å². The first-order valence-electron chi connectivity index (χ1n) is 5.03. The Morgan fingerprint density at radius 1 is 1.43 bits per heavy atom. The van der Waals surface area contributed by atoms with Crippen LogP contribution in [-0.2, 0) is 4.79 Å². The van der Waals surface area contributed by atoms with Crippen LogP contribution in [0.15, 0.2) is 0 Å². The van der Waals surface area contributed by atoms with Crippen molar-refractivity contribution in [3.05, 3.63) is 0 Å². The average molecular weight is 221 g/mol. The Hall–Kier alpha value is -0.280. The van der Waals surface area contributed by atoms with Crippen molar-refractivity contribution in [2.45, 2.75) is 51.6 Å². The van der Waals surface area contributed by atoms with Gasteiger partial charge in [0, 0.05) is 12.6 Å². The summed E-state index contributed by atoms with van der Waals surface area (Å²) in [7, 11) is 0. The topological polar surface area (TPSA) is 46.3 Å². The molecule has 0 spiro atoms. The van der Waals surface area contributed by atoms with E-state index >= 15 is 0 Å². The van der Waals surface area contributed by atoms with Crippen LogP contribution in [-0.4, -0.2) is 28.9 Å². The monoisotopic (exact) mass is 220 g/mol. The second-order valence-electron chi connectivity index (χ2n) is 4.57. The van der Waals surface area contributed by atoms with Crippen molar-refractivity contribution in [3.8, 4) is 0 Å². The summed E-state index contributed by atoms with van der Waals surface area (Å²) in [6.45, 7) is 6.52. The summed E-state index contributed by atoms with van der Waals surface area (Å²) < 4.78 is 0. The predicted octanol–water partition coefficient (Wildman–Crippen LogP) is 1.55. The molecule has 84 valence electrons. The van der Waals surface area contributed by atoms with Gasteiger partial charge < -0.3 is 10.6 Å². The molecule has 0 aromatic rings. The largest absolute Gasteiger partial charge is 0.338 e. The molecular formula is C10H21ClN2O. The standard InChI is InChI=1S/C10H20N2O.ClH/c1-8-6-4-5-7-12(8)9(13)10(2,3)11;/h8H,4-7,11H2,1-3H3;1H. The molecule has 0 radical (unpaired) electrons. The molecule has 2 N–H and O–H groups in total. The Labute approximate surface area is 92.4 Å². The second-order valence-corrected chi connectivity index (χ2v) is 4.57. The molecule has 0 aromatic carbocycles. The fraction of sp³-hybridized carbons (Fsp3) is 0.900. The average Bonchev–Trinajstić information content (AvgIpc) is 2.02. The SMILES string of the molecule is CC1CCCCN1C(=O)C(C)(C)N.Cl. The first-order valence-corrected chi connectivity index (χ1v) is 5.03. The first kappa shape index (κ1) is 13.7. The zero-order chi connectivity index (χ0) is 10.1. The lowest BCUT2D eigenvalue weighted by Crippen LogP contribution is -2.55. The quantitative estimate of drug-likeness (QED) is 0.729. The van der Waals surface area contributed by atoms with Gasteiger partial charge in [-0.3, -0.25) is 4.79 Å². The highest BCUT2D eigenvalue weighted by Gasteiger charge is 2.31. The number of hydrogen-bond acceptors (Lipinski definition) is 2. The third-order valence-corrected chi connectivity index (χ3v) is 2.62. The highest BCUT2D eigenvalue weighted by Crippen LogP contribution is 2.19. The van der Waals surface area contributed by atoms with Gasteiger partial charge in [0.1, 0.15) is 0 Å². The van der Waals surface area contributed by atoms with E-state index in [1.54, 1.807) is 13.8 Å². The van der Waals surface area contributed by atoms with Crippen LogP contribution >= 0.6 is 12.4 Å². The molecule has 0 aromatic heterocycles. The maximum absolute atomic E-state index is 11.8. The number of amides is 1. The normalized spacial score (nSPS) is 22.9. The molecule has 1 heterocycles. The lowest BCUT2D eigenvalue weighted by atomic mass is 9.98. The Morgan fingerprint density at radius 3 is 2.43 bits per heavy atom. The van der Waals surface area contributed by atoms with Gasteiger partial charge in [-0.15, -0.1) is 12.4 Å². The summed E-state index contributed by atoms with van der Waals surface area (Å²) in [6, 6.07) is 0.365. The van der Waals surface area contributed by atoms with Gasteiger partial charge in [-0.25, -0.2) is 0 Å². The predicted molar refractivity (Wildman–Crippen MR) is 60.5 cm³/mol. The minimum atomic E-state index is -0.717. The smallest absolute Gasteiger partial charge is 0.242 e. The van der Waals surface area contributed by atoms with Crippen LogP contribution in [0.1, 0.15) is 40.0 Å². The van der Waals surface area contributed by atoms with Crippen molar-refractivity contribution in [1.82, 2.24) is 4.90 Å². The van der Waals surface area contributed by atoms with Gasteiger partial charge in [0.05, 0.1) is 5.54 Å². The second kappa shape index (κ2) is 4.99. The number of rotatable bonds is 1. The van der Waals surface area contributed by atoms with Crippen molar-refractivity contribution >= 4 is 18.3 Å². The van der Waals surface area contributed by atoms with E-state index in [2.05, 4.69) is 6.92 Å². The van der Waals surface area contributed by atoms with Gasteiger partial charge in [-0.05, 0) is 40.0 Å². The first-order chi connectivity index (χ1) is 5.93. The van der Waals surface area contributed by atoms with Gasteiger partial charge in [0.25, 0.3) is 0 Å². The van der Waals surface area contributed by atoms with Gasteiger partial charge >= 0.3 is 0 Å². The van der Waals surface area contributed by atoms with E-state index in [4.69, 9.17) is 5.73 Å². The number of carbonyl (C=O) groups is 1. The lowest BCUT2D eigenvalue weighted by Gasteiger charge is -2.37. The highest BCUT2D eigenvalue weighted by molar-refractivity contribution is 5.85. The van der Waals surface area contributed by atoms with Crippen molar-refractivity contribution in [2.75, 3.05) is 6.54 Å². The Morgan fingerprint density at radius 2 is 2.00 bits per heavy atom. The van der Waals surface area contributed by atoms with Gasteiger partial charge in [-0.1, -0.05) is 0 Å². The van der Waals surface area contributed by atoms with E-state index in [1.807, 2.05) is 4.90 Å². The van der Waals surface area contributed by atoms with Crippen molar-refractivity contribution in [1.29, 1.82) is 0 Å². The summed E-state index contributed by atoms with van der Waals surface area (Å²) in [5.41, 5.74) is 5.06. The fourth-order valence-corrected chi connectivity index (χ4v) is 1.77. The zero-order valence-electron chi connectivity index (χ0n) is 9.25. The van der Waals surface area contributed by atoms with Gasteiger partial charge in [-0.2, -0.15) is 0 Å². The van der Waals surface area contributed by atoms with Crippen molar-refractivity contribution in [3.63, 3.8) is 0 Å². The molecule has 14 heavy (non-hydrogen) atoms. The number of carbonyl (C=O) groups excluding carboxylic acids is 1. The summed E-state index contributed by atoms with van der Waals surface area (Å²) in [5, 5.41) is 0. The summed E-state index contributed by atoms with van der Waals surface area (Å²) >= 11 is 0. The van der Waals surface area contributed by atoms with Gasteiger partial charge in [0.2, 0.25) is 5.91 Å². The van der Waals surface area contributed by atoms with E-state index in [-0.39, 0.29) is 18.3 Å². The number of nitrogens with two attached hydrogens (primary N) is 1. The molecule has 4 heteroatoms. The number of hydrogen-bond donors (Lipinski definition) is 1. The Kier molecular flexibility index (Phi) is 4.89.